The first-order valence-electron chi connectivity index (χ1n) is 6.89. The summed E-state index contributed by atoms with van der Waals surface area (Å²) >= 11 is 1.49. The van der Waals surface area contributed by atoms with Crippen molar-refractivity contribution in [3.05, 3.63) is 76.1 Å². The Kier molecular flexibility index (Phi) is 3.62. The SMILES string of the molecule is Cc1ccccc1-c1csc(C(C)(O)c2ccccc2)n1. The van der Waals surface area contributed by atoms with Crippen molar-refractivity contribution in [1.82, 2.24) is 4.98 Å². The molecule has 3 heteroatoms. The number of rotatable bonds is 3. The first-order chi connectivity index (χ1) is 10.1. The fourth-order valence-electron chi connectivity index (χ4n) is 2.37. The topological polar surface area (TPSA) is 33.1 Å². The van der Waals surface area contributed by atoms with Gasteiger partial charge in [-0.25, -0.2) is 4.98 Å². The Labute approximate surface area is 128 Å². The van der Waals surface area contributed by atoms with E-state index >= 15 is 0 Å². The molecule has 0 fully saturated rings. The van der Waals surface area contributed by atoms with E-state index in [1.165, 1.54) is 16.9 Å². The molecule has 2 nitrogen and oxygen atoms in total. The number of hydrogen-bond donors (Lipinski definition) is 1. The smallest absolute Gasteiger partial charge is 0.138 e. The molecule has 0 saturated carbocycles. The van der Waals surface area contributed by atoms with Crippen LogP contribution < -0.4 is 0 Å². The number of aromatic nitrogens is 1. The van der Waals surface area contributed by atoms with E-state index in [1.54, 1.807) is 6.92 Å². The first kappa shape index (κ1) is 14.0. The highest BCUT2D eigenvalue weighted by Gasteiger charge is 2.29. The van der Waals surface area contributed by atoms with Crippen molar-refractivity contribution in [3.8, 4) is 11.3 Å². The van der Waals surface area contributed by atoms with Crippen LogP contribution in [0.2, 0.25) is 0 Å². The molecule has 3 rings (SSSR count). The molecule has 0 saturated heterocycles. The van der Waals surface area contributed by atoms with Crippen LogP contribution >= 0.6 is 11.3 Å². The zero-order chi connectivity index (χ0) is 14.9. The summed E-state index contributed by atoms with van der Waals surface area (Å²) in [5, 5.41) is 13.6. The van der Waals surface area contributed by atoms with Gasteiger partial charge in [0.05, 0.1) is 5.69 Å². The van der Waals surface area contributed by atoms with Gasteiger partial charge in [0.1, 0.15) is 10.6 Å². The number of aryl methyl sites for hydroxylation is 1. The Morgan fingerprint density at radius 3 is 2.38 bits per heavy atom. The molecule has 1 unspecified atom stereocenters. The fraction of sp³-hybridized carbons (Fsp3) is 0.167. The van der Waals surface area contributed by atoms with Crippen LogP contribution in [0, 0.1) is 6.92 Å². The van der Waals surface area contributed by atoms with Gasteiger partial charge in [-0.2, -0.15) is 0 Å². The van der Waals surface area contributed by atoms with Gasteiger partial charge in [-0.15, -0.1) is 11.3 Å². The Hall–Kier alpha value is -1.97. The molecule has 21 heavy (non-hydrogen) atoms. The van der Waals surface area contributed by atoms with Crippen LogP contribution in [0.1, 0.15) is 23.1 Å². The van der Waals surface area contributed by atoms with E-state index in [9.17, 15) is 5.11 Å². The van der Waals surface area contributed by atoms with Gasteiger partial charge >= 0.3 is 0 Å². The first-order valence-corrected chi connectivity index (χ1v) is 7.77. The third-order valence-corrected chi connectivity index (χ3v) is 4.73. The zero-order valence-corrected chi connectivity index (χ0v) is 12.9. The minimum atomic E-state index is -1.06. The van der Waals surface area contributed by atoms with E-state index in [0.29, 0.717) is 5.01 Å². The van der Waals surface area contributed by atoms with Gasteiger partial charge in [-0.1, -0.05) is 54.6 Å². The zero-order valence-electron chi connectivity index (χ0n) is 12.1. The summed E-state index contributed by atoms with van der Waals surface area (Å²) in [6.45, 7) is 3.87. The van der Waals surface area contributed by atoms with E-state index < -0.39 is 5.60 Å². The molecule has 0 aliphatic carbocycles. The van der Waals surface area contributed by atoms with Crippen molar-refractivity contribution in [1.29, 1.82) is 0 Å². The molecule has 1 aromatic heterocycles. The van der Waals surface area contributed by atoms with Crippen molar-refractivity contribution < 1.29 is 5.11 Å². The predicted octanol–water partition coefficient (Wildman–Crippen LogP) is 4.37. The molecule has 0 radical (unpaired) electrons. The number of thiazole rings is 1. The molecule has 106 valence electrons. The standard InChI is InChI=1S/C18H17NOS/c1-13-8-6-7-11-15(13)16-12-21-17(19-16)18(2,20)14-9-4-3-5-10-14/h3-12,20H,1-2H3. The van der Waals surface area contributed by atoms with Gasteiger partial charge in [0.25, 0.3) is 0 Å². The highest BCUT2D eigenvalue weighted by atomic mass is 32.1. The molecule has 3 aromatic rings. The summed E-state index contributed by atoms with van der Waals surface area (Å²) in [5.41, 5.74) is 3.02. The van der Waals surface area contributed by atoms with Crippen LogP contribution in [0.4, 0.5) is 0 Å². The maximum absolute atomic E-state index is 10.8. The summed E-state index contributed by atoms with van der Waals surface area (Å²) in [4.78, 5) is 4.66. The van der Waals surface area contributed by atoms with Gasteiger partial charge < -0.3 is 5.11 Å². The lowest BCUT2D eigenvalue weighted by Gasteiger charge is -2.21. The van der Waals surface area contributed by atoms with Crippen LogP contribution in [-0.4, -0.2) is 10.1 Å². The molecule has 2 aromatic carbocycles. The minimum absolute atomic E-state index is 0.715. The van der Waals surface area contributed by atoms with Gasteiger partial charge in [0.2, 0.25) is 0 Å². The van der Waals surface area contributed by atoms with E-state index in [4.69, 9.17) is 0 Å². The highest BCUT2D eigenvalue weighted by molar-refractivity contribution is 7.10. The van der Waals surface area contributed by atoms with Crippen molar-refractivity contribution in [2.24, 2.45) is 0 Å². The molecule has 0 aliphatic rings. The average molecular weight is 295 g/mol. The van der Waals surface area contributed by atoms with Gasteiger partial charge in [-0.05, 0) is 25.0 Å². The van der Waals surface area contributed by atoms with Gasteiger partial charge in [0.15, 0.2) is 0 Å². The molecule has 1 N–H and O–H groups in total. The minimum Gasteiger partial charge on any atom is -0.378 e. The summed E-state index contributed by atoms with van der Waals surface area (Å²) < 4.78 is 0. The summed E-state index contributed by atoms with van der Waals surface area (Å²) in [7, 11) is 0. The van der Waals surface area contributed by atoms with E-state index in [1.807, 2.05) is 47.8 Å². The van der Waals surface area contributed by atoms with Crippen molar-refractivity contribution >= 4 is 11.3 Å². The van der Waals surface area contributed by atoms with E-state index in [2.05, 4.69) is 24.0 Å². The Bertz CT molecular complexity index is 747. The summed E-state index contributed by atoms with van der Waals surface area (Å²) in [5.74, 6) is 0. The second-order valence-corrected chi connectivity index (χ2v) is 6.15. The molecule has 0 bridgehead atoms. The third kappa shape index (κ3) is 2.62. The number of aliphatic hydroxyl groups is 1. The molecular weight excluding hydrogens is 278 g/mol. The Morgan fingerprint density at radius 1 is 1.00 bits per heavy atom. The van der Waals surface area contributed by atoms with Crippen LogP contribution in [0.5, 0.6) is 0 Å². The monoisotopic (exact) mass is 295 g/mol. The molecule has 0 aliphatic heterocycles. The van der Waals surface area contributed by atoms with E-state index in [0.717, 1.165) is 16.8 Å². The molecule has 0 spiro atoms. The van der Waals surface area contributed by atoms with Crippen molar-refractivity contribution in [3.63, 3.8) is 0 Å². The van der Waals surface area contributed by atoms with Gasteiger partial charge in [-0.3, -0.25) is 0 Å². The molecule has 1 heterocycles. The highest BCUT2D eigenvalue weighted by Crippen LogP contribution is 2.34. The third-order valence-electron chi connectivity index (χ3n) is 3.68. The summed E-state index contributed by atoms with van der Waals surface area (Å²) in [6.07, 6.45) is 0. The van der Waals surface area contributed by atoms with E-state index in [-0.39, 0.29) is 0 Å². The normalized spacial score (nSPS) is 13.9. The quantitative estimate of drug-likeness (QED) is 0.778. The second kappa shape index (κ2) is 5.43. The van der Waals surface area contributed by atoms with Crippen LogP contribution in [0.15, 0.2) is 60.0 Å². The van der Waals surface area contributed by atoms with Gasteiger partial charge in [0, 0.05) is 10.9 Å². The Morgan fingerprint density at radius 2 is 1.67 bits per heavy atom. The molecular formula is C18H17NOS. The van der Waals surface area contributed by atoms with Crippen LogP contribution in [-0.2, 0) is 5.60 Å². The van der Waals surface area contributed by atoms with Crippen molar-refractivity contribution in [2.75, 3.05) is 0 Å². The number of benzene rings is 2. The lowest BCUT2D eigenvalue weighted by molar-refractivity contribution is 0.102. The largest absolute Gasteiger partial charge is 0.378 e. The molecule has 1 atom stereocenters. The average Bonchev–Trinajstić information content (AvgIpc) is 2.99. The maximum Gasteiger partial charge on any atom is 0.138 e. The lowest BCUT2D eigenvalue weighted by atomic mass is 9.97. The van der Waals surface area contributed by atoms with Crippen LogP contribution in [0.25, 0.3) is 11.3 Å². The Balaban J connectivity index is 2.01. The lowest BCUT2D eigenvalue weighted by Crippen LogP contribution is -2.22. The number of hydrogen-bond acceptors (Lipinski definition) is 3. The fourth-order valence-corrected chi connectivity index (χ4v) is 3.27. The molecule has 0 amide bonds. The van der Waals surface area contributed by atoms with Crippen LogP contribution in [0.3, 0.4) is 0 Å². The number of nitrogens with zero attached hydrogens (tertiary/aromatic N) is 1. The van der Waals surface area contributed by atoms with Crippen molar-refractivity contribution in [2.45, 2.75) is 19.4 Å². The summed E-state index contributed by atoms with van der Waals surface area (Å²) in [6, 6.07) is 17.8. The maximum atomic E-state index is 10.8. The predicted molar refractivity (Wildman–Crippen MR) is 87.4 cm³/mol. The second-order valence-electron chi connectivity index (χ2n) is 5.29.